The van der Waals surface area contributed by atoms with Crippen molar-refractivity contribution in [3.8, 4) is 28.5 Å². The van der Waals surface area contributed by atoms with Gasteiger partial charge < -0.3 is 9.72 Å². The van der Waals surface area contributed by atoms with E-state index in [4.69, 9.17) is 4.74 Å². The molecule has 0 aliphatic rings. The molecule has 0 saturated carbocycles. The SMILES string of the molecule is O=C(Nc1ccccc1)Oc1nc(-c2ccccc2)c(-c2ccccc2)[nH]1. The Kier molecular flexibility index (Phi) is 4.66. The second-order valence-corrected chi connectivity index (χ2v) is 5.88. The van der Waals surface area contributed by atoms with Gasteiger partial charge in [0.2, 0.25) is 0 Å². The second kappa shape index (κ2) is 7.58. The number of hydrogen-bond acceptors (Lipinski definition) is 3. The number of para-hydroxylation sites is 1. The highest BCUT2D eigenvalue weighted by Gasteiger charge is 2.16. The summed E-state index contributed by atoms with van der Waals surface area (Å²) in [4.78, 5) is 19.8. The Labute approximate surface area is 156 Å². The molecule has 1 heterocycles. The fourth-order valence-electron chi connectivity index (χ4n) is 2.77. The van der Waals surface area contributed by atoms with Crippen LogP contribution in [-0.2, 0) is 0 Å². The lowest BCUT2D eigenvalue weighted by Crippen LogP contribution is -2.17. The number of nitrogens with one attached hydrogen (secondary N) is 2. The molecular formula is C22H17N3O2. The molecule has 4 aromatic rings. The van der Waals surface area contributed by atoms with E-state index in [2.05, 4.69) is 15.3 Å². The van der Waals surface area contributed by atoms with E-state index in [9.17, 15) is 4.79 Å². The maximum atomic E-state index is 12.2. The van der Waals surface area contributed by atoms with Gasteiger partial charge in [-0.2, -0.15) is 4.98 Å². The van der Waals surface area contributed by atoms with Crippen molar-refractivity contribution in [2.75, 3.05) is 5.32 Å². The van der Waals surface area contributed by atoms with Crippen LogP contribution in [0.2, 0.25) is 0 Å². The molecule has 0 atom stereocenters. The van der Waals surface area contributed by atoms with Gasteiger partial charge in [0, 0.05) is 16.8 Å². The van der Waals surface area contributed by atoms with Crippen molar-refractivity contribution in [3.05, 3.63) is 91.0 Å². The Hall–Kier alpha value is -3.86. The summed E-state index contributed by atoms with van der Waals surface area (Å²) in [5.41, 5.74) is 4.07. The molecule has 5 heteroatoms. The number of benzene rings is 3. The van der Waals surface area contributed by atoms with Gasteiger partial charge >= 0.3 is 12.1 Å². The van der Waals surface area contributed by atoms with Gasteiger partial charge in [0.05, 0.1) is 5.69 Å². The number of aromatic nitrogens is 2. The third-order valence-corrected chi connectivity index (χ3v) is 4.00. The van der Waals surface area contributed by atoms with E-state index >= 15 is 0 Å². The molecule has 27 heavy (non-hydrogen) atoms. The van der Waals surface area contributed by atoms with Gasteiger partial charge in [-0.25, -0.2) is 4.79 Å². The number of nitrogens with zero attached hydrogens (tertiary/aromatic N) is 1. The number of ether oxygens (including phenoxy) is 1. The van der Waals surface area contributed by atoms with E-state index in [-0.39, 0.29) is 6.01 Å². The van der Waals surface area contributed by atoms with Gasteiger partial charge in [-0.1, -0.05) is 78.9 Å². The lowest BCUT2D eigenvalue weighted by Gasteiger charge is -2.03. The van der Waals surface area contributed by atoms with Crippen molar-refractivity contribution in [1.82, 2.24) is 9.97 Å². The van der Waals surface area contributed by atoms with Gasteiger partial charge in [0.1, 0.15) is 5.69 Å². The van der Waals surface area contributed by atoms with Crippen LogP contribution < -0.4 is 10.1 Å². The fourth-order valence-corrected chi connectivity index (χ4v) is 2.77. The molecule has 0 radical (unpaired) electrons. The molecule has 3 aromatic carbocycles. The fraction of sp³-hybridized carbons (Fsp3) is 0. The molecule has 1 amide bonds. The average molecular weight is 355 g/mol. The van der Waals surface area contributed by atoms with Crippen LogP contribution in [0.5, 0.6) is 6.01 Å². The minimum absolute atomic E-state index is 0.140. The van der Waals surface area contributed by atoms with Crippen molar-refractivity contribution in [2.45, 2.75) is 0 Å². The molecule has 0 aliphatic heterocycles. The second-order valence-electron chi connectivity index (χ2n) is 5.88. The van der Waals surface area contributed by atoms with E-state index in [0.717, 1.165) is 22.5 Å². The average Bonchev–Trinajstić information content (AvgIpc) is 3.14. The van der Waals surface area contributed by atoms with Gasteiger partial charge in [-0.15, -0.1) is 0 Å². The number of H-pyrrole nitrogens is 1. The molecule has 2 N–H and O–H groups in total. The number of imidazole rings is 1. The Morgan fingerprint density at radius 3 is 1.96 bits per heavy atom. The summed E-state index contributed by atoms with van der Waals surface area (Å²) in [7, 11) is 0. The summed E-state index contributed by atoms with van der Waals surface area (Å²) in [6.45, 7) is 0. The molecule has 0 spiro atoms. The molecule has 0 saturated heterocycles. The highest BCUT2D eigenvalue weighted by Crippen LogP contribution is 2.32. The monoisotopic (exact) mass is 355 g/mol. The number of amides is 1. The third-order valence-electron chi connectivity index (χ3n) is 4.00. The van der Waals surface area contributed by atoms with Crippen LogP contribution in [0.15, 0.2) is 91.0 Å². The van der Waals surface area contributed by atoms with Crippen LogP contribution in [-0.4, -0.2) is 16.1 Å². The van der Waals surface area contributed by atoms with Crippen LogP contribution in [0.4, 0.5) is 10.5 Å². The van der Waals surface area contributed by atoms with Crippen LogP contribution >= 0.6 is 0 Å². The first-order valence-electron chi connectivity index (χ1n) is 8.54. The predicted octanol–water partition coefficient (Wildman–Crippen LogP) is 5.35. The van der Waals surface area contributed by atoms with E-state index in [1.807, 2.05) is 78.9 Å². The molecule has 4 rings (SSSR count). The van der Waals surface area contributed by atoms with Crippen molar-refractivity contribution < 1.29 is 9.53 Å². The van der Waals surface area contributed by atoms with Crippen LogP contribution in [0, 0.1) is 0 Å². The summed E-state index contributed by atoms with van der Waals surface area (Å²) in [6.07, 6.45) is -0.603. The minimum Gasteiger partial charge on any atom is -0.375 e. The normalized spacial score (nSPS) is 10.4. The zero-order chi connectivity index (χ0) is 18.5. The summed E-state index contributed by atoms with van der Waals surface area (Å²) in [5.74, 6) is 0. The molecule has 0 unspecified atom stereocenters. The van der Waals surface area contributed by atoms with Gasteiger partial charge in [-0.3, -0.25) is 5.32 Å². The Bertz CT molecular complexity index is 972. The maximum absolute atomic E-state index is 12.2. The molecular weight excluding hydrogens is 338 g/mol. The summed E-state index contributed by atoms with van der Waals surface area (Å²) in [6, 6.07) is 28.9. The van der Waals surface area contributed by atoms with Gasteiger partial charge in [0.25, 0.3) is 0 Å². The number of hydrogen-bond donors (Lipinski definition) is 2. The largest absolute Gasteiger partial charge is 0.419 e. The number of rotatable bonds is 4. The minimum atomic E-state index is -0.603. The first kappa shape index (κ1) is 16.6. The van der Waals surface area contributed by atoms with Crippen LogP contribution in [0.25, 0.3) is 22.5 Å². The summed E-state index contributed by atoms with van der Waals surface area (Å²) >= 11 is 0. The van der Waals surface area contributed by atoms with E-state index in [0.29, 0.717) is 5.69 Å². The standard InChI is InChI=1S/C22H17N3O2/c26-22(23-18-14-8-3-9-15-18)27-21-24-19(16-10-4-1-5-11-16)20(25-21)17-12-6-2-7-13-17/h1-15H,(H,23,26)(H,24,25). The van der Waals surface area contributed by atoms with Crippen LogP contribution in [0.1, 0.15) is 0 Å². The first-order valence-corrected chi connectivity index (χ1v) is 8.54. The first-order chi connectivity index (χ1) is 13.3. The molecule has 5 nitrogen and oxygen atoms in total. The predicted molar refractivity (Wildman–Crippen MR) is 106 cm³/mol. The van der Waals surface area contributed by atoms with Gasteiger partial charge in [-0.05, 0) is 12.1 Å². The number of anilines is 1. The number of aromatic amines is 1. The highest BCUT2D eigenvalue weighted by atomic mass is 16.6. The molecule has 0 fully saturated rings. The number of carbonyl (C=O) groups excluding carboxylic acids is 1. The highest BCUT2D eigenvalue weighted by molar-refractivity contribution is 5.86. The third kappa shape index (κ3) is 3.88. The van der Waals surface area contributed by atoms with E-state index in [1.165, 1.54) is 0 Å². The quantitative estimate of drug-likeness (QED) is 0.518. The number of carbonyl (C=O) groups is 1. The molecule has 0 aliphatic carbocycles. The molecule has 1 aromatic heterocycles. The van der Waals surface area contributed by atoms with Gasteiger partial charge in [0.15, 0.2) is 0 Å². The smallest absolute Gasteiger partial charge is 0.375 e. The zero-order valence-electron chi connectivity index (χ0n) is 14.4. The Morgan fingerprint density at radius 1 is 0.778 bits per heavy atom. The maximum Gasteiger partial charge on any atom is 0.419 e. The Balaban J connectivity index is 1.64. The summed E-state index contributed by atoms with van der Waals surface area (Å²) in [5, 5.41) is 2.68. The van der Waals surface area contributed by atoms with Crippen molar-refractivity contribution in [1.29, 1.82) is 0 Å². The molecule has 132 valence electrons. The van der Waals surface area contributed by atoms with Crippen molar-refractivity contribution in [3.63, 3.8) is 0 Å². The van der Waals surface area contributed by atoms with Crippen LogP contribution in [0.3, 0.4) is 0 Å². The zero-order valence-corrected chi connectivity index (χ0v) is 14.4. The lowest BCUT2D eigenvalue weighted by atomic mass is 10.1. The molecule has 0 bridgehead atoms. The Morgan fingerprint density at radius 2 is 1.33 bits per heavy atom. The lowest BCUT2D eigenvalue weighted by molar-refractivity contribution is 0.212. The van der Waals surface area contributed by atoms with Crippen molar-refractivity contribution >= 4 is 11.8 Å². The summed E-state index contributed by atoms with van der Waals surface area (Å²) < 4.78 is 5.37. The van der Waals surface area contributed by atoms with E-state index in [1.54, 1.807) is 12.1 Å². The van der Waals surface area contributed by atoms with Crippen molar-refractivity contribution in [2.24, 2.45) is 0 Å². The topological polar surface area (TPSA) is 67.0 Å². The van der Waals surface area contributed by atoms with E-state index < -0.39 is 6.09 Å².